The molecule has 2 atom stereocenters. The van der Waals surface area contributed by atoms with Crippen molar-refractivity contribution in [2.45, 2.75) is 25.0 Å². The van der Waals surface area contributed by atoms with Gasteiger partial charge in [-0.3, -0.25) is 11.3 Å². The molecular formula is C17H19BrN2O. The van der Waals surface area contributed by atoms with Gasteiger partial charge in [0, 0.05) is 4.47 Å². The summed E-state index contributed by atoms with van der Waals surface area (Å²) >= 11 is 3.51. The standard InChI is InChI=1S/C17H19BrN2O/c18-14-6-3-4-12(10-14)11-16(20-19)17-15-7-2-1-5-13(15)8-9-21-17/h1-7,10,16-17,20H,8-9,11,19H2. The van der Waals surface area contributed by atoms with Crippen molar-refractivity contribution in [3.05, 3.63) is 69.7 Å². The molecule has 3 rings (SSSR count). The number of rotatable bonds is 4. The summed E-state index contributed by atoms with van der Waals surface area (Å²) in [6.07, 6.45) is 1.80. The Morgan fingerprint density at radius 1 is 1.24 bits per heavy atom. The topological polar surface area (TPSA) is 47.3 Å². The lowest BCUT2D eigenvalue weighted by Crippen LogP contribution is -2.43. The zero-order valence-corrected chi connectivity index (χ0v) is 13.3. The first-order chi connectivity index (χ1) is 10.3. The molecule has 4 heteroatoms. The summed E-state index contributed by atoms with van der Waals surface area (Å²) in [5.74, 6) is 5.80. The molecule has 0 radical (unpaired) electrons. The molecule has 2 aromatic rings. The minimum Gasteiger partial charge on any atom is -0.371 e. The summed E-state index contributed by atoms with van der Waals surface area (Å²) in [6, 6.07) is 16.8. The Kier molecular flexibility index (Phi) is 4.70. The van der Waals surface area contributed by atoms with Crippen LogP contribution in [0.5, 0.6) is 0 Å². The molecule has 2 unspecified atom stereocenters. The van der Waals surface area contributed by atoms with E-state index in [9.17, 15) is 0 Å². The number of fused-ring (bicyclic) bond motifs is 1. The number of ether oxygens (including phenoxy) is 1. The first kappa shape index (κ1) is 14.7. The maximum absolute atomic E-state index is 6.01. The van der Waals surface area contributed by atoms with Crippen LogP contribution in [0.4, 0.5) is 0 Å². The molecule has 0 aromatic heterocycles. The highest BCUT2D eigenvalue weighted by molar-refractivity contribution is 9.10. The Balaban J connectivity index is 1.84. The van der Waals surface area contributed by atoms with Crippen molar-refractivity contribution < 1.29 is 4.74 Å². The van der Waals surface area contributed by atoms with Crippen molar-refractivity contribution in [1.82, 2.24) is 5.43 Å². The van der Waals surface area contributed by atoms with Crippen molar-refractivity contribution in [2.24, 2.45) is 5.84 Å². The van der Waals surface area contributed by atoms with Crippen LogP contribution in [-0.4, -0.2) is 12.6 Å². The van der Waals surface area contributed by atoms with Gasteiger partial charge in [-0.2, -0.15) is 0 Å². The first-order valence-electron chi connectivity index (χ1n) is 7.18. The van der Waals surface area contributed by atoms with Gasteiger partial charge < -0.3 is 4.74 Å². The normalized spacial score (nSPS) is 19.0. The predicted octanol–water partition coefficient (Wildman–Crippen LogP) is 3.14. The molecule has 1 heterocycles. The molecule has 0 aliphatic carbocycles. The van der Waals surface area contributed by atoms with Crippen LogP contribution in [0, 0.1) is 0 Å². The summed E-state index contributed by atoms with van der Waals surface area (Å²) < 4.78 is 7.09. The maximum atomic E-state index is 6.01. The lowest BCUT2D eigenvalue weighted by atomic mass is 9.90. The van der Waals surface area contributed by atoms with E-state index >= 15 is 0 Å². The van der Waals surface area contributed by atoms with Crippen LogP contribution >= 0.6 is 15.9 Å². The molecule has 0 saturated carbocycles. The number of hydrazine groups is 1. The Morgan fingerprint density at radius 2 is 2.10 bits per heavy atom. The molecule has 3 N–H and O–H groups in total. The van der Waals surface area contributed by atoms with E-state index in [4.69, 9.17) is 10.6 Å². The second kappa shape index (κ2) is 6.71. The highest BCUT2D eigenvalue weighted by Gasteiger charge is 2.28. The second-order valence-corrected chi connectivity index (χ2v) is 6.26. The van der Waals surface area contributed by atoms with E-state index < -0.39 is 0 Å². The zero-order chi connectivity index (χ0) is 14.7. The van der Waals surface area contributed by atoms with Gasteiger partial charge in [-0.25, -0.2) is 0 Å². The van der Waals surface area contributed by atoms with Gasteiger partial charge in [-0.05, 0) is 41.7 Å². The number of benzene rings is 2. The number of hydrogen-bond donors (Lipinski definition) is 2. The molecule has 3 nitrogen and oxygen atoms in total. The molecule has 0 spiro atoms. The van der Waals surface area contributed by atoms with Gasteiger partial charge in [-0.1, -0.05) is 52.3 Å². The summed E-state index contributed by atoms with van der Waals surface area (Å²) in [4.78, 5) is 0. The number of halogens is 1. The molecule has 110 valence electrons. The van der Waals surface area contributed by atoms with Crippen LogP contribution in [0.15, 0.2) is 53.0 Å². The predicted molar refractivity (Wildman–Crippen MR) is 87.8 cm³/mol. The van der Waals surface area contributed by atoms with Gasteiger partial charge in [0.2, 0.25) is 0 Å². The summed E-state index contributed by atoms with van der Waals surface area (Å²) in [6.45, 7) is 0.748. The minimum atomic E-state index is -0.000989. The third-order valence-corrected chi connectivity index (χ3v) is 4.45. The Hall–Kier alpha value is -1.20. The Labute approximate surface area is 133 Å². The maximum Gasteiger partial charge on any atom is 0.0997 e. The van der Waals surface area contributed by atoms with Crippen LogP contribution in [0.1, 0.15) is 22.8 Å². The summed E-state index contributed by atoms with van der Waals surface area (Å²) in [5, 5.41) is 0. The van der Waals surface area contributed by atoms with Gasteiger partial charge in [0.1, 0.15) is 0 Å². The lowest BCUT2D eigenvalue weighted by Gasteiger charge is -2.32. The van der Waals surface area contributed by atoms with Gasteiger partial charge in [0.05, 0.1) is 18.8 Å². The van der Waals surface area contributed by atoms with Crippen LogP contribution in [-0.2, 0) is 17.6 Å². The van der Waals surface area contributed by atoms with E-state index in [1.807, 2.05) is 12.1 Å². The molecule has 0 saturated heterocycles. The van der Waals surface area contributed by atoms with Crippen molar-refractivity contribution in [2.75, 3.05) is 6.61 Å². The summed E-state index contributed by atoms with van der Waals surface area (Å²) in [5.41, 5.74) is 6.79. The smallest absolute Gasteiger partial charge is 0.0997 e. The quantitative estimate of drug-likeness (QED) is 0.660. The van der Waals surface area contributed by atoms with Crippen molar-refractivity contribution in [3.8, 4) is 0 Å². The first-order valence-corrected chi connectivity index (χ1v) is 7.97. The lowest BCUT2D eigenvalue weighted by molar-refractivity contribution is 0.0154. The Morgan fingerprint density at radius 3 is 2.90 bits per heavy atom. The van der Waals surface area contributed by atoms with Gasteiger partial charge >= 0.3 is 0 Å². The molecule has 0 amide bonds. The molecule has 1 aliphatic heterocycles. The molecule has 0 bridgehead atoms. The van der Waals surface area contributed by atoms with Gasteiger partial charge in [0.25, 0.3) is 0 Å². The third-order valence-electron chi connectivity index (χ3n) is 3.95. The van der Waals surface area contributed by atoms with E-state index in [1.165, 1.54) is 16.7 Å². The highest BCUT2D eigenvalue weighted by atomic mass is 79.9. The van der Waals surface area contributed by atoms with E-state index in [-0.39, 0.29) is 12.1 Å². The fraction of sp³-hybridized carbons (Fsp3) is 0.294. The number of hydrogen-bond acceptors (Lipinski definition) is 3. The SMILES string of the molecule is NNC(Cc1cccc(Br)c1)C1OCCc2ccccc21. The van der Waals surface area contributed by atoms with E-state index in [1.54, 1.807) is 0 Å². The van der Waals surface area contributed by atoms with Crippen LogP contribution in [0.25, 0.3) is 0 Å². The third kappa shape index (κ3) is 3.35. The van der Waals surface area contributed by atoms with Crippen molar-refractivity contribution in [3.63, 3.8) is 0 Å². The number of nitrogens with two attached hydrogens (primary N) is 1. The van der Waals surface area contributed by atoms with Crippen LogP contribution < -0.4 is 11.3 Å². The zero-order valence-electron chi connectivity index (χ0n) is 11.8. The minimum absolute atomic E-state index is 0.000989. The molecule has 21 heavy (non-hydrogen) atoms. The van der Waals surface area contributed by atoms with Crippen molar-refractivity contribution in [1.29, 1.82) is 0 Å². The van der Waals surface area contributed by atoms with Crippen molar-refractivity contribution >= 4 is 15.9 Å². The average molecular weight is 347 g/mol. The van der Waals surface area contributed by atoms with Gasteiger partial charge in [-0.15, -0.1) is 0 Å². The summed E-state index contributed by atoms with van der Waals surface area (Å²) in [7, 11) is 0. The van der Waals surface area contributed by atoms with E-state index in [0.29, 0.717) is 0 Å². The van der Waals surface area contributed by atoms with Gasteiger partial charge in [0.15, 0.2) is 0 Å². The Bertz CT molecular complexity index is 617. The molecule has 0 fully saturated rings. The molecule has 1 aliphatic rings. The molecular weight excluding hydrogens is 328 g/mol. The van der Waals surface area contributed by atoms with E-state index in [0.717, 1.165) is 23.9 Å². The van der Waals surface area contributed by atoms with Crippen LogP contribution in [0.2, 0.25) is 0 Å². The second-order valence-electron chi connectivity index (χ2n) is 5.35. The number of nitrogens with one attached hydrogen (secondary N) is 1. The fourth-order valence-corrected chi connectivity index (χ4v) is 3.38. The fourth-order valence-electron chi connectivity index (χ4n) is 2.93. The average Bonchev–Trinajstić information content (AvgIpc) is 2.52. The monoisotopic (exact) mass is 346 g/mol. The molecule has 2 aromatic carbocycles. The largest absolute Gasteiger partial charge is 0.371 e. The highest BCUT2D eigenvalue weighted by Crippen LogP contribution is 2.31. The van der Waals surface area contributed by atoms with Crippen LogP contribution in [0.3, 0.4) is 0 Å². The van der Waals surface area contributed by atoms with E-state index in [2.05, 4.69) is 57.8 Å².